The van der Waals surface area contributed by atoms with Crippen molar-refractivity contribution in [2.24, 2.45) is 0 Å². The van der Waals surface area contributed by atoms with Crippen molar-refractivity contribution >= 4 is 5.91 Å². The van der Waals surface area contributed by atoms with E-state index >= 15 is 0 Å². The predicted octanol–water partition coefficient (Wildman–Crippen LogP) is 0.757. The third-order valence-corrected chi connectivity index (χ3v) is 3.61. The average molecular weight is 248 g/mol. The molecular weight excluding hydrogens is 228 g/mol. The molecule has 1 saturated carbocycles. The van der Waals surface area contributed by atoms with Gasteiger partial charge in [0.15, 0.2) is 0 Å². The summed E-state index contributed by atoms with van der Waals surface area (Å²) in [5.74, 6) is 0.214. The van der Waals surface area contributed by atoms with Gasteiger partial charge in [-0.1, -0.05) is 0 Å². The molecule has 1 amide bonds. The highest BCUT2D eigenvalue weighted by molar-refractivity contribution is 5.76. The van der Waals surface area contributed by atoms with Crippen molar-refractivity contribution in [2.75, 3.05) is 13.1 Å². The average Bonchev–Trinajstić information content (AvgIpc) is 2.88. The lowest BCUT2D eigenvalue weighted by Gasteiger charge is -2.14. The van der Waals surface area contributed by atoms with Gasteiger partial charge in [-0.05, 0) is 25.7 Å². The molecule has 1 aromatic rings. The van der Waals surface area contributed by atoms with E-state index in [-0.39, 0.29) is 5.91 Å². The number of nitrogens with one attached hydrogen (secondary N) is 1. The third-order valence-electron chi connectivity index (χ3n) is 3.61. The Bertz CT molecular complexity index is 418. The first-order chi connectivity index (χ1) is 8.81. The summed E-state index contributed by atoms with van der Waals surface area (Å²) in [6.07, 6.45) is 8.60. The highest BCUT2D eigenvalue weighted by Crippen LogP contribution is 2.19. The van der Waals surface area contributed by atoms with Gasteiger partial charge in [0.05, 0.1) is 12.0 Å². The zero-order chi connectivity index (χ0) is 12.4. The van der Waals surface area contributed by atoms with E-state index in [4.69, 9.17) is 0 Å². The van der Waals surface area contributed by atoms with Crippen LogP contribution in [0.2, 0.25) is 0 Å². The fourth-order valence-electron chi connectivity index (χ4n) is 2.34. The van der Waals surface area contributed by atoms with Crippen LogP contribution in [0.5, 0.6) is 0 Å². The molecule has 1 aliphatic carbocycles. The Morgan fingerprint density at radius 3 is 2.89 bits per heavy atom. The molecule has 1 aliphatic heterocycles. The maximum atomic E-state index is 12.0. The normalized spacial score (nSPS) is 19.4. The van der Waals surface area contributed by atoms with Crippen molar-refractivity contribution in [1.29, 1.82) is 0 Å². The summed E-state index contributed by atoms with van der Waals surface area (Å²) in [5.41, 5.74) is 1.02. The van der Waals surface area contributed by atoms with Crippen LogP contribution in [0.4, 0.5) is 0 Å². The van der Waals surface area contributed by atoms with Gasteiger partial charge in [-0.25, -0.2) is 4.98 Å². The number of hydrogen-bond acceptors (Lipinski definition) is 3. The molecule has 0 bridgehead atoms. The molecule has 0 atom stereocenters. The van der Waals surface area contributed by atoms with Crippen LogP contribution in [0.1, 0.15) is 31.4 Å². The molecule has 0 unspecified atom stereocenters. The molecule has 5 nitrogen and oxygen atoms in total. The quantitative estimate of drug-likeness (QED) is 0.837. The summed E-state index contributed by atoms with van der Waals surface area (Å²) in [4.78, 5) is 18.2. The van der Waals surface area contributed by atoms with Gasteiger partial charge in [0.2, 0.25) is 5.91 Å². The second-order valence-electron chi connectivity index (χ2n) is 5.28. The zero-order valence-electron chi connectivity index (χ0n) is 10.6. The summed E-state index contributed by atoms with van der Waals surface area (Å²) in [5, 5.41) is 3.42. The largest absolute Gasteiger partial charge is 0.341 e. The molecule has 2 fully saturated rings. The van der Waals surface area contributed by atoms with Crippen molar-refractivity contribution in [2.45, 2.75) is 44.8 Å². The maximum absolute atomic E-state index is 12.0. The molecular formula is C13H20N4O. The standard InChI is InChI=1S/C13H20N4O/c18-13(17-5-1-2-6-17)9-16-8-12(15-10-16)7-14-11-3-4-11/h8,10-11,14H,1-7,9H2. The Labute approximate surface area is 107 Å². The molecule has 18 heavy (non-hydrogen) atoms. The van der Waals surface area contributed by atoms with Crippen LogP contribution < -0.4 is 5.32 Å². The molecule has 2 aliphatic rings. The number of carbonyl (C=O) groups excluding carboxylic acids is 1. The lowest BCUT2D eigenvalue weighted by molar-refractivity contribution is -0.130. The number of hydrogen-bond donors (Lipinski definition) is 1. The molecule has 0 spiro atoms. The summed E-state index contributed by atoms with van der Waals surface area (Å²) in [6.45, 7) is 3.08. The monoisotopic (exact) mass is 248 g/mol. The van der Waals surface area contributed by atoms with E-state index < -0.39 is 0 Å². The van der Waals surface area contributed by atoms with Crippen molar-refractivity contribution in [1.82, 2.24) is 19.8 Å². The smallest absolute Gasteiger partial charge is 0.242 e. The first-order valence-electron chi connectivity index (χ1n) is 6.83. The Hall–Kier alpha value is -1.36. The van der Waals surface area contributed by atoms with Crippen LogP contribution >= 0.6 is 0 Å². The van der Waals surface area contributed by atoms with Crippen molar-refractivity contribution < 1.29 is 4.79 Å². The number of nitrogens with zero attached hydrogens (tertiary/aromatic N) is 3. The number of carbonyl (C=O) groups is 1. The van der Waals surface area contributed by atoms with Gasteiger partial charge >= 0.3 is 0 Å². The fraction of sp³-hybridized carbons (Fsp3) is 0.692. The van der Waals surface area contributed by atoms with Crippen LogP contribution in [-0.2, 0) is 17.9 Å². The zero-order valence-corrected chi connectivity index (χ0v) is 10.6. The summed E-state index contributed by atoms with van der Waals surface area (Å²) in [6, 6.07) is 0.696. The molecule has 3 rings (SSSR count). The third kappa shape index (κ3) is 2.90. The summed E-state index contributed by atoms with van der Waals surface area (Å²) >= 11 is 0. The number of amides is 1. The summed E-state index contributed by atoms with van der Waals surface area (Å²) in [7, 11) is 0. The molecule has 2 heterocycles. The van der Waals surface area contributed by atoms with Gasteiger partial charge < -0.3 is 14.8 Å². The van der Waals surface area contributed by atoms with Gasteiger partial charge in [0, 0.05) is 31.9 Å². The Morgan fingerprint density at radius 1 is 1.39 bits per heavy atom. The Kier molecular flexibility index (Phi) is 3.32. The van der Waals surface area contributed by atoms with Gasteiger partial charge in [0.25, 0.3) is 0 Å². The molecule has 0 aromatic carbocycles. The molecule has 98 valence electrons. The minimum Gasteiger partial charge on any atom is -0.341 e. The first kappa shape index (κ1) is 11.7. The van der Waals surface area contributed by atoms with E-state index in [1.807, 2.05) is 15.7 Å². The van der Waals surface area contributed by atoms with Gasteiger partial charge in [0.1, 0.15) is 6.54 Å². The molecule has 0 radical (unpaired) electrons. The Balaban J connectivity index is 1.50. The molecule has 1 aromatic heterocycles. The lowest BCUT2D eigenvalue weighted by Crippen LogP contribution is -2.30. The van der Waals surface area contributed by atoms with E-state index in [1.54, 1.807) is 6.33 Å². The van der Waals surface area contributed by atoms with Crippen molar-refractivity contribution in [3.05, 3.63) is 18.2 Å². The minimum absolute atomic E-state index is 0.214. The lowest BCUT2D eigenvalue weighted by atomic mass is 10.4. The molecule has 1 N–H and O–H groups in total. The SMILES string of the molecule is O=C(Cn1cnc(CNC2CC2)c1)N1CCCC1. The number of likely N-dealkylation sites (tertiary alicyclic amines) is 1. The second-order valence-corrected chi connectivity index (χ2v) is 5.28. The maximum Gasteiger partial charge on any atom is 0.242 e. The Morgan fingerprint density at radius 2 is 2.17 bits per heavy atom. The highest BCUT2D eigenvalue weighted by atomic mass is 16.2. The van der Waals surface area contributed by atoms with E-state index in [2.05, 4.69) is 10.3 Å². The minimum atomic E-state index is 0.214. The number of aromatic nitrogens is 2. The van der Waals surface area contributed by atoms with Crippen LogP contribution in [0.25, 0.3) is 0 Å². The fourth-order valence-corrected chi connectivity index (χ4v) is 2.34. The predicted molar refractivity (Wildman–Crippen MR) is 67.9 cm³/mol. The number of imidazole rings is 1. The second kappa shape index (κ2) is 5.10. The van der Waals surface area contributed by atoms with Gasteiger partial charge in [-0.15, -0.1) is 0 Å². The highest BCUT2D eigenvalue weighted by Gasteiger charge is 2.21. The number of rotatable bonds is 5. The van der Waals surface area contributed by atoms with Crippen molar-refractivity contribution in [3.8, 4) is 0 Å². The van der Waals surface area contributed by atoms with Crippen molar-refractivity contribution in [3.63, 3.8) is 0 Å². The molecule has 1 saturated heterocycles. The van der Waals surface area contributed by atoms with Crippen LogP contribution in [0.15, 0.2) is 12.5 Å². The topological polar surface area (TPSA) is 50.2 Å². The molecule has 5 heteroatoms. The van der Waals surface area contributed by atoms with E-state index in [1.165, 1.54) is 12.8 Å². The van der Waals surface area contributed by atoms with E-state index in [0.29, 0.717) is 12.6 Å². The van der Waals surface area contributed by atoms with Crippen LogP contribution in [0.3, 0.4) is 0 Å². The first-order valence-corrected chi connectivity index (χ1v) is 6.83. The summed E-state index contributed by atoms with van der Waals surface area (Å²) < 4.78 is 1.89. The van der Waals surface area contributed by atoms with Gasteiger partial charge in [-0.2, -0.15) is 0 Å². The van der Waals surface area contributed by atoms with Crippen LogP contribution in [0, 0.1) is 0 Å². The van der Waals surface area contributed by atoms with Crippen LogP contribution in [-0.4, -0.2) is 39.5 Å². The van der Waals surface area contributed by atoms with E-state index in [0.717, 1.165) is 38.2 Å². The van der Waals surface area contributed by atoms with Gasteiger partial charge in [-0.3, -0.25) is 4.79 Å². The van der Waals surface area contributed by atoms with E-state index in [9.17, 15) is 4.79 Å².